The van der Waals surface area contributed by atoms with Crippen LogP contribution in [0.15, 0.2) is 15.8 Å². The second-order valence-corrected chi connectivity index (χ2v) is 6.22. The SMILES string of the molecule is CC1CC(C)CC(NC(=O)Cn2cc(C#N)c(=O)[nH]c2=O)C1. The van der Waals surface area contributed by atoms with E-state index in [9.17, 15) is 14.4 Å². The van der Waals surface area contributed by atoms with Gasteiger partial charge in [0.05, 0.1) is 0 Å². The first-order chi connectivity index (χ1) is 10.4. The second-order valence-electron chi connectivity index (χ2n) is 6.22. The van der Waals surface area contributed by atoms with Gasteiger partial charge in [0.1, 0.15) is 18.2 Å². The quantitative estimate of drug-likeness (QED) is 0.840. The Morgan fingerprint density at radius 2 is 2.00 bits per heavy atom. The van der Waals surface area contributed by atoms with Crippen LogP contribution in [0.25, 0.3) is 0 Å². The molecule has 0 spiro atoms. The van der Waals surface area contributed by atoms with Gasteiger partial charge in [-0.3, -0.25) is 19.1 Å². The minimum absolute atomic E-state index is 0.111. The lowest BCUT2D eigenvalue weighted by atomic mass is 9.80. The Morgan fingerprint density at radius 1 is 1.36 bits per heavy atom. The average Bonchev–Trinajstić information content (AvgIpc) is 2.40. The molecule has 2 unspecified atom stereocenters. The first kappa shape index (κ1) is 16.0. The molecule has 1 aliphatic carbocycles. The van der Waals surface area contributed by atoms with Crippen LogP contribution in [0.2, 0.25) is 0 Å². The van der Waals surface area contributed by atoms with Crippen molar-refractivity contribution in [3.05, 3.63) is 32.6 Å². The van der Waals surface area contributed by atoms with Gasteiger partial charge in [-0.2, -0.15) is 5.26 Å². The zero-order chi connectivity index (χ0) is 16.3. The molecule has 0 bridgehead atoms. The predicted molar refractivity (Wildman–Crippen MR) is 80.1 cm³/mol. The lowest BCUT2D eigenvalue weighted by Gasteiger charge is -2.32. The van der Waals surface area contributed by atoms with Gasteiger partial charge in [-0.25, -0.2) is 4.79 Å². The van der Waals surface area contributed by atoms with Crippen LogP contribution >= 0.6 is 0 Å². The predicted octanol–water partition coefficient (Wildman–Crippen LogP) is 0.349. The van der Waals surface area contributed by atoms with E-state index in [1.165, 1.54) is 0 Å². The molecular weight excluding hydrogens is 284 g/mol. The summed E-state index contributed by atoms with van der Waals surface area (Å²) >= 11 is 0. The Labute approximate surface area is 128 Å². The molecule has 7 heteroatoms. The summed E-state index contributed by atoms with van der Waals surface area (Å²) in [5.74, 6) is 0.842. The Morgan fingerprint density at radius 3 is 2.59 bits per heavy atom. The highest BCUT2D eigenvalue weighted by Crippen LogP contribution is 2.28. The number of nitrogens with one attached hydrogen (secondary N) is 2. The normalized spacial score (nSPS) is 24.5. The number of nitrogens with zero attached hydrogens (tertiary/aromatic N) is 2. The van der Waals surface area contributed by atoms with Crippen LogP contribution < -0.4 is 16.6 Å². The summed E-state index contributed by atoms with van der Waals surface area (Å²) in [5, 5.41) is 11.7. The number of hydrogen-bond donors (Lipinski definition) is 2. The summed E-state index contributed by atoms with van der Waals surface area (Å²) < 4.78 is 1.05. The fourth-order valence-corrected chi connectivity index (χ4v) is 3.20. The molecule has 0 aliphatic heterocycles. The van der Waals surface area contributed by atoms with Crippen molar-refractivity contribution in [3.63, 3.8) is 0 Å². The molecule has 0 saturated heterocycles. The van der Waals surface area contributed by atoms with Gasteiger partial charge < -0.3 is 5.32 Å². The third-order valence-electron chi connectivity index (χ3n) is 3.99. The Kier molecular flexibility index (Phi) is 4.81. The molecule has 2 atom stereocenters. The first-order valence-electron chi connectivity index (χ1n) is 7.42. The molecule has 1 aromatic heterocycles. The van der Waals surface area contributed by atoms with E-state index in [0.29, 0.717) is 11.8 Å². The topological polar surface area (TPSA) is 108 Å². The molecule has 1 aliphatic rings. The number of aromatic amines is 1. The van der Waals surface area contributed by atoms with Gasteiger partial charge in [0.2, 0.25) is 5.91 Å². The van der Waals surface area contributed by atoms with E-state index in [-0.39, 0.29) is 24.1 Å². The molecule has 0 aromatic carbocycles. The highest BCUT2D eigenvalue weighted by molar-refractivity contribution is 5.76. The third-order valence-corrected chi connectivity index (χ3v) is 3.99. The summed E-state index contributed by atoms with van der Waals surface area (Å²) in [5.41, 5.74) is -1.61. The molecule has 1 saturated carbocycles. The largest absolute Gasteiger partial charge is 0.352 e. The number of H-pyrrole nitrogens is 1. The minimum Gasteiger partial charge on any atom is -0.352 e. The van der Waals surface area contributed by atoms with Gasteiger partial charge in [0, 0.05) is 12.2 Å². The Balaban J connectivity index is 2.05. The van der Waals surface area contributed by atoms with E-state index in [2.05, 4.69) is 19.2 Å². The van der Waals surface area contributed by atoms with E-state index in [1.807, 2.05) is 4.98 Å². The smallest absolute Gasteiger partial charge is 0.328 e. The number of nitriles is 1. The molecule has 118 valence electrons. The van der Waals surface area contributed by atoms with Crippen LogP contribution in [0.4, 0.5) is 0 Å². The van der Waals surface area contributed by atoms with Gasteiger partial charge in [-0.1, -0.05) is 13.8 Å². The monoisotopic (exact) mass is 304 g/mol. The van der Waals surface area contributed by atoms with Gasteiger partial charge in [-0.15, -0.1) is 0 Å². The fourth-order valence-electron chi connectivity index (χ4n) is 3.20. The standard InChI is InChI=1S/C15H20N4O3/c1-9-3-10(2)5-12(4-9)17-13(20)8-19-7-11(6-16)14(21)18-15(19)22/h7,9-10,12H,3-5,8H2,1-2H3,(H,17,20)(H,18,21,22). The Bertz CT molecular complexity index is 703. The van der Waals surface area contributed by atoms with E-state index in [1.54, 1.807) is 6.07 Å². The average molecular weight is 304 g/mol. The van der Waals surface area contributed by atoms with Crippen molar-refractivity contribution in [2.75, 3.05) is 0 Å². The lowest BCUT2D eigenvalue weighted by molar-refractivity contribution is -0.122. The number of carbonyl (C=O) groups is 1. The van der Waals surface area contributed by atoms with Crippen molar-refractivity contribution in [2.45, 2.75) is 45.7 Å². The van der Waals surface area contributed by atoms with Gasteiger partial charge in [0.25, 0.3) is 5.56 Å². The number of aromatic nitrogens is 2. The van der Waals surface area contributed by atoms with E-state index >= 15 is 0 Å². The molecule has 1 heterocycles. The number of amides is 1. The van der Waals surface area contributed by atoms with Crippen molar-refractivity contribution in [1.82, 2.24) is 14.9 Å². The summed E-state index contributed by atoms with van der Waals surface area (Å²) in [6.45, 7) is 4.13. The third kappa shape index (κ3) is 3.85. The van der Waals surface area contributed by atoms with Gasteiger partial charge in [0.15, 0.2) is 0 Å². The second kappa shape index (κ2) is 6.60. The van der Waals surface area contributed by atoms with Crippen LogP contribution in [0, 0.1) is 23.2 Å². The summed E-state index contributed by atoms with van der Waals surface area (Å²) in [4.78, 5) is 37.1. The molecule has 1 amide bonds. The molecule has 2 rings (SSSR count). The minimum atomic E-state index is -0.737. The fraction of sp³-hybridized carbons (Fsp3) is 0.600. The number of carbonyl (C=O) groups excluding carboxylic acids is 1. The first-order valence-corrected chi connectivity index (χ1v) is 7.42. The summed E-state index contributed by atoms with van der Waals surface area (Å²) in [6.07, 6.45) is 4.14. The summed E-state index contributed by atoms with van der Waals surface area (Å²) in [6, 6.07) is 1.81. The highest BCUT2D eigenvalue weighted by Gasteiger charge is 2.25. The lowest BCUT2D eigenvalue weighted by Crippen LogP contribution is -2.43. The van der Waals surface area contributed by atoms with E-state index in [4.69, 9.17) is 5.26 Å². The van der Waals surface area contributed by atoms with Crippen molar-refractivity contribution >= 4 is 5.91 Å². The molecular formula is C15H20N4O3. The van der Waals surface area contributed by atoms with E-state index < -0.39 is 11.2 Å². The zero-order valence-electron chi connectivity index (χ0n) is 12.8. The molecule has 22 heavy (non-hydrogen) atoms. The van der Waals surface area contributed by atoms with Crippen molar-refractivity contribution in [1.29, 1.82) is 5.26 Å². The Hall–Kier alpha value is -2.36. The molecule has 1 fully saturated rings. The van der Waals surface area contributed by atoms with Crippen LogP contribution in [-0.2, 0) is 11.3 Å². The van der Waals surface area contributed by atoms with Crippen molar-refractivity contribution in [2.24, 2.45) is 11.8 Å². The van der Waals surface area contributed by atoms with Gasteiger partial charge in [-0.05, 0) is 31.1 Å². The molecule has 7 nitrogen and oxygen atoms in total. The van der Waals surface area contributed by atoms with Crippen molar-refractivity contribution < 1.29 is 4.79 Å². The molecule has 1 aromatic rings. The maximum atomic E-state index is 12.1. The van der Waals surface area contributed by atoms with Crippen molar-refractivity contribution in [3.8, 4) is 6.07 Å². The van der Waals surface area contributed by atoms with Crippen LogP contribution in [0.1, 0.15) is 38.7 Å². The van der Waals surface area contributed by atoms with Crippen LogP contribution in [-0.4, -0.2) is 21.5 Å². The number of hydrogen-bond acceptors (Lipinski definition) is 4. The maximum Gasteiger partial charge on any atom is 0.328 e. The molecule has 0 radical (unpaired) electrons. The number of rotatable bonds is 3. The molecule has 2 N–H and O–H groups in total. The zero-order valence-corrected chi connectivity index (χ0v) is 12.8. The van der Waals surface area contributed by atoms with Crippen LogP contribution in [0.3, 0.4) is 0 Å². The van der Waals surface area contributed by atoms with Gasteiger partial charge >= 0.3 is 5.69 Å². The van der Waals surface area contributed by atoms with E-state index in [0.717, 1.165) is 30.0 Å². The maximum absolute atomic E-state index is 12.1. The highest BCUT2D eigenvalue weighted by atomic mass is 16.2. The summed E-state index contributed by atoms with van der Waals surface area (Å²) in [7, 11) is 0. The van der Waals surface area contributed by atoms with Crippen LogP contribution in [0.5, 0.6) is 0 Å².